The van der Waals surface area contributed by atoms with Crippen LogP contribution in [-0.4, -0.2) is 26.2 Å². The van der Waals surface area contributed by atoms with Gasteiger partial charge in [-0.2, -0.15) is 0 Å². The molecule has 1 aromatic carbocycles. The van der Waals surface area contributed by atoms with Crippen molar-refractivity contribution in [3.8, 4) is 11.5 Å². The summed E-state index contributed by atoms with van der Waals surface area (Å²) < 4.78 is 10.4. The first kappa shape index (κ1) is 12.5. The Balaban J connectivity index is 2.09. The molecule has 1 aliphatic rings. The van der Waals surface area contributed by atoms with Crippen molar-refractivity contribution in [3.63, 3.8) is 0 Å². The lowest BCUT2D eigenvalue weighted by atomic mass is 10.1. The molecule has 1 aromatic rings. The number of benzene rings is 1. The molecule has 1 saturated carbocycles. The van der Waals surface area contributed by atoms with Crippen LogP contribution in [0, 0.1) is 0 Å². The topological polar surface area (TPSA) is 47.6 Å². The number of amides is 1. The number of ether oxygens (including phenoxy) is 2. The molecular formula is C14H17NO3. The molecule has 4 heteroatoms. The lowest BCUT2D eigenvalue weighted by Gasteiger charge is -2.07. The Morgan fingerprint density at radius 2 is 2.11 bits per heavy atom. The molecule has 0 atom stereocenters. The first-order chi connectivity index (χ1) is 8.72. The third-order valence-electron chi connectivity index (χ3n) is 2.77. The van der Waals surface area contributed by atoms with Crippen LogP contribution in [0.5, 0.6) is 11.5 Å². The average molecular weight is 247 g/mol. The number of hydrogen-bond acceptors (Lipinski definition) is 3. The second-order valence-electron chi connectivity index (χ2n) is 4.22. The molecule has 0 spiro atoms. The zero-order chi connectivity index (χ0) is 13.0. The van der Waals surface area contributed by atoms with E-state index in [0.717, 1.165) is 24.2 Å². The fourth-order valence-corrected chi connectivity index (χ4v) is 1.61. The summed E-state index contributed by atoms with van der Waals surface area (Å²) in [6, 6.07) is 5.84. The van der Waals surface area contributed by atoms with E-state index in [2.05, 4.69) is 5.32 Å². The van der Waals surface area contributed by atoms with Crippen molar-refractivity contribution >= 4 is 12.0 Å². The molecular weight excluding hydrogens is 230 g/mol. The normalized spacial score (nSPS) is 14.6. The van der Waals surface area contributed by atoms with Crippen LogP contribution in [0.15, 0.2) is 24.3 Å². The van der Waals surface area contributed by atoms with Crippen LogP contribution in [-0.2, 0) is 4.79 Å². The molecule has 0 saturated heterocycles. The Labute approximate surface area is 107 Å². The van der Waals surface area contributed by atoms with Gasteiger partial charge in [-0.05, 0) is 37.1 Å². The van der Waals surface area contributed by atoms with Crippen LogP contribution in [0.3, 0.4) is 0 Å². The summed E-state index contributed by atoms with van der Waals surface area (Å²) in [5, 5.41) is 2.89. The molecule has 0 heterocycles. The van der Waals surface area contributed by atoms with Crippen molar-refractivity contribution in [1.82, 2.24) is 5.32 Å². The van der Waals surface area contributed by atoms with Crippen molar-refractivity contribution in [2.45, 2.75) is 18.9 Å². The molecule has 0 aliphatic heterocycles. The van der Waals surface area contributed by atoms with E-state index >= 15 is 0 Å². The minimum absolute atomic E-state index is 0.0672. The van der Waals surface area contributed by atoms with Crippen LogP contribution < -0.4 is 14.8 Å². The number of carbonyl (C=O) groups is 1. The van der Waals surface area contributed by atoms with Crippen molar-refractivity contribution < 1.29 is 14.3 Å². The van der Waals surface area contributed by atoms with Crippen molar-refractivity contribution in [2.75, 3.05) is 14.2 Å². The van der Waals surface area contributed by atoms with Gasteiger partial charge in [0.2, 0.25) is 5.91 Å². The molecule has 1 amide bonds. The van der Waals surface area contributed by atoms with Gasteiger partial charge in [0.25, 0.3) is 0 Å². The maximum absolute atomic E-state index is 11.6. The highest BCUT2D eigenvalue weighted by atomic mass is 16.5. The maximum atomic E-state index is 11.6. The van der Waals surface area contributed by atoms with Crippen LogP contribution in [0.25, 0.3) is 6.08 Å². The molecule has 18 heavy (non-hydrogen) atoms. The molecule has 96 valence electrons. The van der Waals surface area contributed by atoms with Gasteiger partial charge in [-0.25, -0.2) is 0 Å². The van der Waals surface area contributed by atoms with Crippen LogP contribution in [0.4, 0.5) is 0 Å². The van der Waals surface area contributed by atoms with E-state index in [9.17, 15) is 4.79 Å². The Bertz CT molecular complexity index is 464. The summed E-state index contributed by atoms with van der Waals surface area (Å²) in [6.07, 6.45) is 5.43. The average Bonchev–Trinajstić information content (AvgIpc) is 3.19. The quantitative estimate of drug-likeness (QED) is 0.809. The summed E-state index contributed by atoms with van der Waals surface area (Å²) in [5.74, 6) is 1.38. The van der Waals surface area contributed by atoms with Gasteiger partial charge in [0.05, 0.1) is 14.2 Å². The molecule has 1 N–H and O–H groups in total. The second kappa shape index (κ2) is 5.58. The van der Waals surface area contributed by atoms with Gasteiger partial charge in [-0.1, -0.05) is 0 Å². The first-order valence-electron chi connectivity index (χ1n) is 5.93. The highest BCUT2D eigenvalue weighted by molar-refractivity contribution is 5.92. The van der Waals surface area contributed by atoms with Gasteiger partial charge in [-0.3, -0.25) is 4.79 Å². The van der Waals surface area contributed by atoms with Gasteiger partial charge in [-0.15, -0.1) is 0 Å². The fraction of sp³-hybridized carbons (Fsp3) is 0.357. The third-order valence-corrected chi connectivity index (χ3v) is 2.77. The van der Waals surface area contributed by atoms with Gasteiger partial charge in [0, 0.05) is 17.7 Å². The Kier molecular flexibility index (Phi) is 3.87. The Morgan fingerprint density at radius 3 is 2.72 bits per heavy atom. The Hall–Kier alpha value is -1.97. The number of hydrogen-bond donors (Lipinski definition) is 1. The van der Waals surface area contributed by atoms with Crippen LogP contribution >= 0.6 is 0 Å². The maximum Gasteiger partial charge on any atom is 0.244 e. The number of carbonyl (C=O) groups excluding carboxylic acids is 1. The van der Waals surface area contributed by atoms with Gasteiger partial charge in [0.1, 0.15) is 11.5 Å². The summed E-state index contributed by atoms with van der Waals surface area (Å²) in [6.45, 7) is 0. The van der Waals surface area contributed by atoms with Crippen molar-refractivity contribution in [1.29, 1.82) is 0 Å². The molecule has 0 unspecified atom stereocenters. The van der Waals surface area contributed by atoms with Gasteiger partial charge >= 0.3 is 0 Å². The third kappa shape index (κ3) is 3.26. The number of nitrogens with one attached hydrogen (secondary N) is 1. The smallest absolute Gasteiger partial charge is 0.244 e. The highest BCUT2D eigenvalue weighted by Gasteiger charge is 2.22. The lowest BCUT2D eigenvalue weighted by Crippen LogP contribution is -2.22. The van der Waals surface area contributed by atoms with E-state index in [0.29, 0.717) is 11.8 Å². The number of rotatable bonds is 5. The fourth-order valence-electron chi connectivity index (χ4n) is 1.61. The largest absolute Gasteiger partial charge is 0.497 e. The first-order valence-corrected chi connectivity index (χ1v) is 5.93. The Morgan fingerprint density at radius 1 is 1.33 bits per heavy atom. The zero-order valence-corrected chi connectivity index (χ0v) is 10.6. The summed E-state index contributed by atoms with van der Waals surface area (Å²) in [5.41, 5.74) is 0.822. The van der Waals surface area contributed by atoms with E-state index in [-0.39, 0.29) is 5.91 Å². The van der Waals surface area contributed by atoms with Crippen molar-refractivity contribution in [2.24, 2.45) is 0 Å². The lowest BCUT2D eigenvalue weighted by molar-refractivity contribution is -0.116. The second-order valence-corrected chi connectivity index (χ2v) is 4.22. The van der Waals surface area contributed by atoms with E-state index < -0.39 is 0 Å². The molecule has 4 nitrogen and oxygen atoms in total. The summed E-state index contributed by atoms with van der Waals surface area (Å²) in [7, 11) is 3.21. The van der Waals surface area contributed by atoms with Gasteiger partial charge in [0.15, 0.2) is 0 Å². The van der Waals surface area contributed by atoms with Crippen LogP contribution in [0.2, 0.25) is 0 Å². The van der Waals surface area contributed by atoms with Gasteiger partial charge < -0.3 is 14.8 Å². The van der Waals surface area contributed by atoms with Crippen LogP contribution in [0.1, 0.15) is 18.4 Å². The predicted molar refractivity (Wildman–Crippen MR) is 69.7 cm³/mol. The molecule has 0 radical (unpaired) electrons. The summed E-state index contributed by atoms with van der Waals surface area (Å²) >= 11 is 0. The molecule has 1 fully saturated rings. The molecule has 0 aromatic heterocycles. The summed E-state index contributed by atoms with van der Waals surface area (Å²) in [4.78, 5) is 11.6. The minimum atomic E-state index is -0.0672. The van der Waals surface area contributed by atoms with Crippen molar-refractivity contribution in [3.05, 3.63) is 29.8 Å². The molecule has 1 aliphatic carbocycles. The highest BCUT2D eigenvalue weighted by Crippen LogP contribution is 2.25. The predicted octanol–water partition coefficient (Wildman–Crippen LogP) is 2.00. The molecule has 2 rings (SSSR count). The van der Waals surface area contributed by atoms with E-state index in [1.165, 1.54) is 6.08 Å². The standard InChI is InChI=1S/C14H17NO3/c1-17-12-6-7-13(18-2)10(9-12)3-8-14(16)15-11-4-5-11/h3,6-9,11H,4-5H2,1-2H3,(H,15,16). The monoisotopic (exact) mass is 247 g/mol. The zero-order valence-electron chi connectivity index (χ0n) is 10.6. The molecule has 0 bridgehead atoms. The van der Waals surface area contributed by atoms with E-state index in [4.69, 9.17) is 9.47 Å². The van der Waals surface area contributed by atoms with E-state index in [1.54, 1.807) is 20.3 Å². The van der Waals surface area contributed by atoms with E-state index in [1.807, 2.05) is 18.2 Å². The SMILES string of the molecule is COc1ccc(OC)c(C=CC(=O)NC2CC2)c1. The minimum Gasteiger partial charge on any atom is -0.497 e. The number of methoxy groups -OCH3 is 2.